The predicted molar refractivity (Wildman–Crippen MR) is 59.4 cm³/mol. The van der Waals surface area contributed by atoms with Crippen molar-refractivity contribution < 1.29 is 14.6 Å². The topological polar surface area (TPSA) is 72.5 Å². The molecule has 0 fully saturated rings. The van der Waals surface area contributed by atoms with E-state index in [4.69, 9.17) is 15.6 Å². The Labute approximate surface area is 94.0 Å². The third-order valence-corrected chi connectivity index (χ3v) is 3.20. The van der Waals surface area contributed by atoms with E-state index in [9.17, 15) is 4.79 Å². The number of carbonyl (C=O) groups is 1. The van der Waals surface area contributed by atoms with Gasteiger partial charge in [-0.3, -0.25) is 4.79 Å². The van der Waals surface area contributed by atoms with Gasteiger partial charge in [-0.25, -0.2) is 0 Å². The van der Waals surface area contributed by atoms with Gasteiger partial charge in [0.1, 0.15) is 5.75 Å². The van der Waals surface area contributed by atoms with Crippen LogP contribution in [0.3, 0.4) is 0 Å². The number of aliphatic carboxylic acids is 1. The van der Waals surface area contributed by atoms with Crippen molar-refractivity contribution in [1.29, 1.82) is 0 Å². The molecule has 0 heterocycles. The fraction of sp³-hybridized carbons (Fsp3) is 0.417. The second kappa shape index (κ2) is 4.14. The predicted octanol–water partition coefficient (Wildman–Crippen LogP) is 1.34. The Morgan fingerprint density at radius 2 is 2.31 bits per heavy atom. The van der Waals surface area contributed by atoms with Crippen LogP contribution in [0.5, 0.6) is 5.75 Å². The van der Waals surface area contributed by atoms with Crippen LogP contribution >= 0.6 is 0 Å². The lowest BCUT2D eigenvalue weighted by molar-refractivity contribution is -0.143. The summed E-state index contributed by atoms with van der Waals surface area (Å²) in [6.07, 6.45) is 1.29. The van der Waals surface area contributed by atoms with Crippen molar-refractivity contribution in [2.45, 2.75) is 18.9 Å². The van der Waals surface area contributed by atoms with Gasteiger partial charge in [0.25, 0.3) is 0 Å². The minimum atomic E-state index is -0.819. The van der Waals surface area contributed by atoms with E-state index >= 15 is 0 Å². The molecule has 2 rings (SSSR count). The molecule has 0 aliphatic heterocycles. The van der Waals surface area contributed by atoms with E-state index in [1.165, 1.54) is 0 Å². The van der Waals surface area contributed by atoms with E-state index in [-0.39, 0.29) is 0 Å². The van der Waals surface area contributed by atoms with Crippen molar-refractivity contribution in [3.8, 4) is 5.75 Å². The van der Waals surface area contributed by atoms with E-state index in [1.54, 1.807) is 7.11 Å². The first-order chi connectivity index (χ1) is 7.65. The fourth-order valence-corrected chi connectivity index (χ4v) is 2.33. The molecule has 4 heteroatoms. The molecule has 0 aromatic heterocycles. The summed E-state index contributed by atoms with van der Waals surface area (Å²) in [5.41, 5.74) is 7.93. The van der Waals surface area contributed by atoms with Crippen LogP contribution in [0, 0.1) is 5.92 Å². The summed E-state index contributed by atoms with van der Waals surface area (Å²) in [4.78, 5) is 11.0. The van der Waals surface area contributed by atoms with E-state index < -0.39 is 17.9 Å². The highest BCUT2D eigenvalue weighted by Gasteiger charge is 2.32. The van der Waals surface area contributed by atoms with E-state index in [0.717, 1.165) is 16.9 Å². The van der Waals surface area contributed by atoms with E-state index in [2.05, 4.69) is 0 Å². The van der Waals surface area contributed by atoms with Gasteiger partial charge in [0.2, 0.25) is 0 Å². The lowest BCUT2D eigenvalue weighted by atomic mass is 9.80. The highest BCUT2D eigenvalue weighted by Crippen LogP contribution is 2.37. The van der Waals surface area contributed by atoms with Gasteiger partial charge in [0.15, 0.2) is 0 Å². The van der Waals surface area contributed by atoms with E-state index in [1.807, 2.05) is 18.2 Å². The number of carboxylic acid groups (broad SMARTS) is 1. The van der Waals surface area contributed by atoms with Gasteiger partial charge in [0, 0.05) is 6.04 Å². The SMILES string of the molecule is COc1cccc2c1CCC(C(=O)O)C2N. The molecule has 0 amide bonds. The summed E-state index contributed by atoms with van der Waals surface area (Å²) >= 11 is 0. The molecule has 0 spiro atoms. The third kappa shape index (κ3) is 1.65. The molecular weight excluding hydrogens is 206 g/mol. The molecule has 16 heavy (non-hydrogen) atoms. The summed E-state index contributed by atoms with van der Waals surface area (Å²) in [6.45, 7) is 0. The molecule has 2 atom stereocenters. The van der Waals surface area contributed by atoms with Gasteiger partial charge in [-0.1, -0.05) is 12.1 Å². The molecule has 1 aromatic rings. The average Bonchev–Trinajstić information content (AvgIpc) is 2.28. The Hall–Kier alpha value is -1.55. The number of ether oxygens (including phenoxy) is 1. The number of benzene rings is 1. The summed E-state index contributed by atoms with van der Waals surface area (Å²) in [6, 6.07) is 5.18. The first-order valence-electron chi connectivity index (χ1n) is 5.29. The molecular formula is C12H15NO3. The van der Waals surface area contributed by atoms with Crippen molar-refractivity contribution in [3.63, 3.8) is 0 Å². The Bertz CT molecular complexity index is 417. The third-order valence-electron chi connectivity index (χ3n) is 3.20. The Morgan fingerprint density at radius 1 is 1.56 bits per heavy atom. The van der Waals surface area contributed by atoms with Crippen LogP contribution in [0.25, 0.3) is 0 Å². The van der Waals surface area contributed by atoms with Crippen LogP contribution in [0.2, 0.25) is 0 Å². The van der Waals surface area contributed by atoms with Crippen LogP contribution in [-0.4, -0.2) is 18.2 Å². The number of nitrogens with two attached hydrogens (primary N) is 1. The van der Waals surface area contributed by atoms with Crippen molar-refractivity contribution in [2.75, 3.05) is 7.11 Å². The smallest absolute Gasteiger partial charge is 0.308 e. The highest BCUT2D eigenvalue weighted by molar-refractivity contribution is 5.72. The first kappa shape index (κ1) is 11.0. The number of hydrogen-bond donors (Lipinski definition) is 2. The Kier molecular flexibility index (Phi) is 2.83. The van der Waals surface area contributed by atoms with Crippen LogP contribution < -0.4 is 10.5 Å². The summed E-state index contributed by atoms with van der Waals surface area (Å²) < 4.78 is 5.25. The second-order valence-electron chi connectivity index (χ2n) is 4.04. The Balaban J connectivity index is 2.42. The maximum absolute atomic E-state index is 11.0. The fourth-order valence-electron chi connectivity index (χ4n) is 2.33. The normalized spacial score (nSPS) is 23.6. The number of methoxy groups -OCH3 is 1. The second-order valence-corrected chi connectivity index (χ2v) is 4.04. The van der Waals surface area contributed by atoms with Gasteiger partial charge < -0.3 is 15.6 Å². The number of carboxylic acids is 1. The molecule has 3 N–H and O–H groups in total. The number of fused-ring (bicyclic) bond motifs is 1. The maximum Gasteiger partial charge on any atom is 0.308 e. The van der Waals surface area contributed by atoms with Crippen molar-refractivity contribution in [1.82, 2.24) is 0 Å². The maximum atomic E-state index is 11.0. The molecule has 0 saturated carbocycles. The zero-order valence-corrected chi connectivity index (χ0v) is 9.14. The minimum absolute atomic E-state index is 0.434. The van der Waals surface area contributed by atoms with Crippen LogP contribution in [-0.2, 0) is 11.2 Å². The number of hydrogen-bond acceptors (Lipinski definition) is 3. The molecule has 0 bridgehead atoms. The van der Waals surface area contributed by atoms with Crippen LogP contribution in [0.4, 0.5) is 0 Å². The quantitative estimate of drug-likeness (QED) is 0.790. The van der Waals surface area contributed by atoms with Crippen molar-refractivity contribution >= 4 is 5.97 Å². The standard InChI is InChI=1S/C12H15NO3/c1-16-10-4-2-3-8-7(10)5-6-9(11(8)13)12(14)15/h2-4,9,11H,5-6,13H2,1H3,(H,14,15). The van der Waals surface area contributed by atoms with Crippen molar-refractivity contribution in [3.05, 3.63) is 29.3 Å². The molecule has 0 radical (unpaired) electrons. The zero-order valence-electron chi connectivity index (χ0n) is 9.14. The zero-order chi connectivity index (χ0) is 11.7. The average molecular weight is 221 g/mol. The first-order valence-corrected chi connectivity index (χ1v) is 5.29. The summed E-state index contributed by atoms with van der Waals surface area (Å²) in [7, 11) is 1.62. The van der Waals surface area contributed by atoms with Crippen LogP contribution in [0.1, 0.15) is 23.6 Å². The molecule has 1 aromatic carbocycles. The van der Waals surface area contributed by atoms with Gasteiger partial charge in [-0.15, -0.1) is 0 Å². The van der Waals surface area contributed by atoms with Gasteiger partial charge in [0.05, 0.1) is 13.0 Å². The molecule has 1 aliphatic carbocycles. The largest absolute Gasteiger partial charge is 0.496 e. The molecule has 1 aliphatic rings. The lowest BCUT2D eigenvalue weighted by Crippen LogP contribution is -2.32. The molecule has 4 nitrogen and oxygen atoms in total. The lowest BCUT2D eigenvalue weighted by Gasteiger charge is -2.29. The highest BCUT2D eigenvalue weighted by atomic mass is 16.5. The summed E-state index contributed by atoms with van der Waals surface area (Å²) in [5, 5.41) is 9.05. The van der Waals surface area contributed by atoms with Crippen LogP contribution in [0.15, 0.2) is 18.2 Å². The van der Waals surface area contributed by atoms with E-state index in [0.29, 0.717) is 12.8 Å². The van der Waals surface area contributed by atoms with Crippen molar-refractivity contribution in [2.24, 2.45) is 11.7 Å². The van der Waals surface area contributed by atoms with Gasteiger partial charge >= 0.3 is 5.97 Å². The van der Waals surface area contributed by atoms with Gasteiger partial charge in [-0.05, 0) is 30.0 Å². The monoisotopic (exact) mass is 221 g/mol. The molecule has 0 saturated heterocycles. The summed E-state index contributed by atoms with van der Waals surface area (Å²) in [5.74, 6) is -0.502. The number of rotatable bonds is 2. The van der Waals surface area contributed by atoms with Gasteiger partial charge in [-0.2, -0.15) is 0 Å². The molecule has 2 unspecified atom stereocenters. The molecule has 86 valence electrons. The minimum Gasteiger partial charge on any atom is -0.496 e. The Morgan fingerprint density at radius 3 is 2.94 bits per heavy atom.